The van der Waals surface area contributed by atoms with Crippen molar-refractivity contribution in [3.63, 3.8) is 0 Å². The first kappa shape index (κ1) is 22.4. The summed E-state index contributed by atoms with van der Waals surface area (Å²) in [5, 5.41) is 0.450. The van der Waals surface area contributed by atoms with Gasteiger partial charge in [0, 0.05) is 55.6 Å². The quantitative estimate of drug-likeness (QED) is 0.338. The van der Waals surface area contributed by atoms with E-state index in [9.17, 15) is 4.55 Å². The molecule has 2 aromatic heterocycles. The third-order valence-electron chi connectivity index (χ3n) is 4.76. The fraction of sp³-hybridized carbons (Fsp3) is 0.400. The molecule has 9 heteroatoms. The van der Waals surface area contributed by atoms with Crippen molar-refractivity contribution in [1.82, 2.24) is 15.0 Å². The second-order valence-corrected chi connectivity index (χ2v) is 8.05. The summed E-state index contributed by atoms with van der Waals surface area (Å²) in [6.45, 7) is 3.86. The first-order valence-electron chi connectivity index (χ1n) is 9.25. The zero-order valence-electron chi connectivity index (χ0n) is 16.0. The molecule has 3 aromatic rings. The second-order valence-electron chi connectivity index (χ2n) is 6.68. The number of benzene rings is 1. The van der Waals surface area contributed by atoms with Gasteiger partial charge in [-0.05, 0) is 24.6 Å². The van der Waals surface area contributed by atoms with Gasteiger partial charge < -0.3 is 18.8 Å². The van der Waals surface area contributed by atoms with Crippen molar-refractivity contribution in [2.45, 2.75) is 30.7 Å². The van der Waals surface area contributed by atoms with Gasteiger partial charge in [0.2, 0.25) is 0 Å². The van der Waals surface area contributed by atoms with E-state index in [1.807, 2.05) is 25.1 Å². The summed E-state index contributed by atoms with van der Waals surface area (Å²) in [5.41, 5.74) is 4.44. The van der Waals surface area contributed by atoms with Crippen LogP contribution in [0.4, 0.5) is 0 Å². The van der Waals surface area contributed by atoms with Crippen LogP contribution in [0.5, 0.6) is 11.5 Å². The molecule has 1 aliphatic heterocycles. The number of aromatic amines is 1. The van der Waals surface area contributed by atoms with Gasteiger partial charge >= 0.3 is 34.7 Å². The van der Waals surface area contributed by atoms with Crippen molar-refractivity contribution in [3.05, 3.63) is 41.2 Å². The number of ether oxygens (including phenoxy) is 3. The molecule has 1 aliphatic rings. The van der Waals surface area contributed by atoms with E-state index in [2.05, 4.69) is 15.0 Å². The van der Waals surface area contributed by atoms with Crippen LogP contribution in [0.3, 0.4) is 0 Å². The molecule has 7 nitrogen and oxygen atoms in total. The number of nitrogens with one attached hydrogen (secondary N) is 1. The van der Waals surface area contributed by atoms with Crippen LogP contribution < -0.4 is 9.47 Å². The van der Waals surface area contributed by atoms with Crippen LogP contribution in [-0.4, -0.2) is 76.0 Å². The number of hydrogen-bond acceptors (Lipinski definition) is 6. The third-order valence-corrected chi connectivity index (χ3v) is 5.92. The summed E-state index contributed by atoms with van der Waals surface area (Å²) in [6, 6.07) is 5.77. The Kier molecular flexibility index (Phi) is 7.84. The van der Waals surface area contributed by atoms with Gasteiger partial charge in [-0.3, -0.25) is 9.97 Å². The average molecular weight is 425 g/mol. The number of hydrogen-bond donors (Lipinski definition) is 1. The van der Waals surface area contributed by atoms with Crippen LogP contribution >= 0.6 is 0 Å². The van der Waals surface area contributed by atoms with Gasteiger partial charge in [-0.2, -0.15) is 4.98 Å². The number of methoxy groups -OCH3 is 1. The Hall–Kier alpha value is -1.29. The van der Waals surface area contributed by atoms with Crippen molar-refractivity contribution >= 4 is 51.8 Å². The molecule has 1 N–H and O–H groups in total. The van der Waals surface area contributed by atoms with Crippen molar-refractivity contribution in [1.29, 1.82) is 0 Å². The molecule has 150 valence electrons. The molecule has 1 atom stereocenters. The van der Waals surface area contributed by atoms with E-state index in [1.165, 1.54) is 0 Å². The Morgan fingerprint density at radius 1 is 1.31 bits per heavy atom. The fourth-order valence-electron chi connectivity index (χ4n) is 3.20. The van der Waals surface area contributed by atoms with E-state index < -0.39 is 11.2 Å². The summed E-state index contributed by atoms with van der Waals surface area (Å²) < 4.78 is 29.3. The Morgan fingerprint density at radius 3 is 3.00 bits per heavy atom. The summed E-state index contributed by atoms with van der Waals surface area (Å²) in [7, 11) is 1.67. The van der Waals surface area contributed by atoms with Crippen LogP contribution in [0.25, 0.3) is 11.0 Å². The van der Waals surface area contributed by atoms with Crippen molar-refractivity contribution in [3.8, 4) is 11.5 Å². The molecule has 1 aromatic carbocycles. The molecule has 1 unspecified atom stereocenters. The summed E-state index contributed by atoms with van der Waals surface area (Å²) in [5.74, 6) is 1.91. The molecule has 0 fully saturated rings. The van der Waals surface area contributed by atoms with E-state index in [1.54, 1.807) is 13.3 Å². The van der Waals surface area contributed by atoms with E-state index in [-0.39, 0.29) is 35.3 Å². The molecule has 0 aliphatic carbocycles. The van der Waals surface area contributed by atoms with Gasteiger partial charge in [0.15, 0.2) is 5.75 Å². The van der Waals surface area contributed by atoms with Crippen LogP contribution in [0.2, 0.25) is 0 Å². The van der Waals surface area contributed by atoms with Crippen LogP contribution in [-0.2, 0) is 28.1 Å². The zero-order chi connectivity index (χ0) is 19.5. The predicted molar refractivity (Wildman–Crippen MR) is 114 cm³/mol. The Morgan fingerprint density at radius 2 is 2.17 bits per heavy atom. The van der Waals surface area contributed by atoms with Crippen LogP contribution in [0, 0.1) is 6.92 Å². The standard InChI is InChI=1S/C20H23N3O4S.Na.H/c1-13-17(21-6-4-18(13)26-8-3-7-25-2)12-28(24)20-22-15-10-14-5-9-27-19(14)11-16(15)23-20;;/h4,6,10-11H,3,5,7-9,12H2,1-2H3,(H,22,23);;. The zero-order valence-corrected chi connectivity index (χ0v) is 16.8. The number of aromatic nitrogens is 3. The van der Waals surface area contributed by atoms with Crippen molar-refractivity contribution in [2.24, 2.45) is 0 Å². The summed E-state index contributed by atoms with van der Waals surface area (Å²) >= 11 is -1.34. The van der Waals surface area contributed by atoms with Gasteiger partial charge in [0.1, 0.15) is 11.5 Å². The molecule has 0 radical (unpaired) electrons. The first-order valence-corrected chi connectivity index (χ1v) is 10.6. The molecule has 4 rings (SSSR count). The van der Waals surface area contributed by atoms with Gasteiger partial charge in [-0.1, -0.05) is 0 Å². The maximum atomic E-state index is 12.9. The Balaban J connectivity index is 0.00000240. The first-order chi connectivity index (χ1) is 13.7. The topological polar surface area (TPSA) is 92.3 Å². The SMILES string of the molecule is COCCCOc1ccnc(C[S+]([O-])c2nc3cc4c(cc3[nH]2)OCC4)c1C.[NaH]. The Bertz CT molecular complexity index is 941. The van der Waals surface area contributed by atoms with E-state index in [0.717, 1.165) is 52.2 Å². The van der Waals surface area contributed by atoms with E-state index in [4.69, 9.17) is 14.2 Å². The fourth-order valence-corrected chi connectivity index (χ4v) is 4.30. The molecule has 0 saturated heterocycles. The average Bonchev–Trinajstić information content (AvgIpc) is 3.31. The third kappa shape index (κ3) is 5.07. The number of fused-ring (bicyclic) bond motifs is 2. The number of rotatable bonds is 8. The Labute approximate surface area is 195 Å². The van der Waals surface area contributed by atoms with Crippen molar-refractivity contribution < 1.29 is 18.8 Å². The van der Waals surface area contributed by atoms with Crippen LogP contribution in [0.1, 0.15) is 23.2 Å². The molecule has 0 bridgehead atoms. The van der Waals surface area contributed by atoms with E-state index >= 15 is 0 Å². The normalized spacial score (nSPS) is 13.6. The molecule has 0 amide bonds. The van der Waals surface area contributed by atoms with Crippen LogP contribution in [0.15, 0.2) is 29.6 Å². The number of nitrogens with zero attached hydrogens (tertiary/aromatic N) is 2. The minimum absolute atomic E-state index is 0. The molecular formula is C20H24N3NaO4S. The molecule has 0 saturated carbocycles. The number of pyridine rings is 1. The van der Waals surface area contributed by atoms with E-state index in [0.29, 0.717) is 25.0 Å². The molecular weight excluding hydrogens is 401 g/mol. The molecule has 3 heterocycles. The monoisotopic (exact) mass is 425 g/mol. The summed E-state index contributed by atoms with van der Waals surface area (Å²) in [6.07, 6.45) is 3.38. The summed E-state index contributed by atoms with van der Waals surface area (Å²) in [4.78, 5) is 12.1. The predicted octanol–water partition coefficient (Wildman–Crippen LogP) is 2.28. The maximum absolute atomic E-state index is 12.9. The number of H-pyrrole nitrogens is 1. The minimum atomic E-state index is -1.34. The van der Waals surface area contributed by atoms with Gasteiger partial charge in [-0.15, -0.1) is 0 Å². The van der Waals surface area contributed by atoms with Gasteiger partial charge in [-0.25, -0.2) is 0 Å². The van der Waals surface area contributed by atoms with Crippen molar-refractivity contribution in [2.75, 3.05) is 26.9 Å². The molecule has 29 heavy (non-hydrogen) atoms. The second kappa shape index (κ2) is 10.1. The van der Waals surface area contributed by atoms with Gasteiger partial charge in [0.05, 0.1) is 29.9 Å². The number of imidazole rings is 1. The van der Waals surface area contributed by atoms with Gasteiger partial charge in [0.25, 0.3) is 0 Å². The molecule has 0 spiro atoms.